The molecule has 1 heterocycles. The van der Waals surface area contributed by atoms with Gasteiger partial charge in [0.15, 0.2) is 0 Å². The first-order chi connectivity index (χ1) is 8.10. The zero-order valence-electron chi connectivity index (χ0n) is 10.5. The molecule has 0 N–H and O–H groups in total. The number of nitrogens with zero attached hydrogens (tertiary/aromatic N) is 2. The average molecular weight is 266 g/mol. The molecule has 0 bridgehead atoms. The Morgan fingerprint density at radius 1 is 1.39 bits per heavy atom. The predicted molar refractivity (Wildman–Crippen MR) is 54.7 cm³/mol. The topological polar surface area (TPSA) is 115 Å². The minimum atomic E-state index is -0.687. The maximum absolute atomic E-state index is 11.1. The minimum Gasteiger partial charge on any atom is -0.857 e. The van der Waals surface area contributed by atoms with Crippen LogP contribution in [0.4, 0.5) is 5.69 Å². The summed E-state index contributed by atoms with van der Waals surface area (Å²) in [6, 6.07) is 1.05. The van der Waals surface area contributed by atoms with E-state index in [1.807, 2.05) is 0 Å². The molecule has 0 atom stereocenters. The van der Waals surface area contributed by atoms with Crippen molar-refractivity contribution in [3.63, 3.8) is 0 Å². The Morgan fingerprint density at radius 3 is 2.33 bits per heavy atom. The number of nitro groups is 1. The van der Waals surface area contributed by atoms with Gasteiger partial charge in [0.2, 0.25) is 0 Å². The van der Waals surface area contributed by atoms with E-state index in [2.05, 4.69) is 14.5 Å². The van der Waals surface area contributed by atoms with Crippen LogP contribution < -0.4 is 39.4 Å². The van der Waals surface area contributed by atoms with Gasteiger partial charge in [-0.15, -0.1) is 0 Å². The summed E-state index contributed by atoms with van der Waals surface area (Å²) < 4.78 is 9.07. The Hall–Kier alpha value is -1.22. The standard InChI is InChI=1S/C8H8N2O5.CH3O.Na/c1-14-7-6(10(12)13)3-5(4-9-7)8(11)15-2;1-2;/h3-4H,1-2H3;1H3;/q;-1;+1. The monoisotopic (exact) mass is 266 g/mol. The molecule has 0 aliphatic heterocycles. The Morgan fingerprint density at radius 2 is 1.94 bits per heavy atom. The van der Waals surface area contributed by atoms with Gasteiger partial charge in [-0.2, -0.15) is 7.11 Å². The van der Waals surface area contributed by atoms with Crippen molar-refractivity contribution in [3.05, 3.63) is 27.9 Å². The van der Waals surface area contributed by atoms with Crippen molar-refractivity contribution in [1.29, 1.82) is 0 Å². The smallest absolute Gasteiger partial charge is 0.857 e. The van der Waals surface area contributed by atoms with E-state index in [1.54, 1.807) is 0 Å². The fourth-order valence-corrected chi connectivity index (χ4v) is 0.958. The van der Waals surface area contributed by atoms with Crippen LogP contribution in [0.1, 0.15) is 10.4 Å². The number of rotatable bonds is 3. The van der Waals surface area contributed by atoms with Crippen LogP contribution >= 0.6 is 0 Å². The Kier molecular flexibility index (Phi) is 10.4. The zero-order chi connectivity index (χ0) is 13.4. The molecule has 0 fully saturated rings. The van der Waals surface area contributed by atoms with Gasteiger partial charge in [-0.3, -0.25) is 10.1 Å². The third kappa shape index (κ3) is 4.96. The van der Waals surface area contributed by atoms with Crippen molar-refractivity contribution in [2.24, 2.45) is 0 Å². The van der Waals surface area contributed by atoms with E-state index >= 15 is 0 Å². The summed E-state index contributed by atoms with van der Waals surface area (Å²) in [5.41, 5.74) is -0.370. The summed E-state index contributed by atoms with van der Waals surface area (Å²) in [6.45, 7) is 0. The molecule has 0 saturated heterocycles. The van der Waals surface area contributed by atoms with Gasteiger partial charge in [-0.25, -0.2) is 9.78 Å². The summed E-state index contributed by atoms with van der Waals surface area (Å²) in [6.07, 6.45) is 1.15. The van der Waals surface area contributed by atoms with Gasteiger partial charge in [0.25, 0.3) is 5.88 Å². The molecule has 0 unspecified atom stereocenters. The van der Waals surface area contributed by atoms with Crippen molar-refractivity contribution in [1.82, 2.24) is 4.98 Å². The maximum atomic E-state index is 11.1. The summed E-state index contributed by atoms with van der Waals surface area (Å²) >= 11 is 0. The van der Waals surface area contributed by atoms with E-state index in [4.69, 9.17) is 5.11 Å². The van der Waals surface area contributed by atoms with Crippen LogP contribution in [0.5, 0.6) is 5.88 Å². The molecule has 8 nitrogen and oxygen atoms in total. The van der Waals surface area contributed by atoms with Crippen LogP contribution in [-0.4, -0.2) is 37.2 Å². The predicted octanol–water partition coefficient (Wildman–Crippen LogP) is -3.23. The first-order valence-corrected chi connectivity index (χ1v) is 4.27. The average Bonchev–Trinajstić information content (AvgIpc) is 2.39. The molecule has 1 aromatic heterocycles. The summed E-state index contributed by atoms with van der Waals surface area (Å²) in [5, 5.41) is 18.8. The molecule has 0 amide bonds. The summed E-state index contributed by atoms with van der Waals surface area (Å²) in [7, 11) is 3.19. The van der Waals surface area contributed by atoms with Gasteiger partial charge < -0.3 is 14.6 Å². The van der Waals surface area contributed by atoms with Crippen LogP contribution in [-0.2, 0) is 4.74 Å². The largest absolute Gasteiger partial charge is 1.00 e. The van der Waals surface area contributed by atoms with Gasteiger partial charge in [-0.1, -0.05) is 0 Å². The Balaban J connectivity index is 0. The molecule has 1 aromatic rings. The van der Waals surface area contributed by atoms with Crippen molar-refractivity contribution < 1.29 is 53.9 Å². The maximum Gasteiger partial charge on any atom is 1.00 e. The number of aromatic nitrogens is 1. The molecular weight excluding hydrogens is 255 g/mol. The molecule has 0 radical (unpaired) electrons. The molecule has 0 spiro atoms. The Bertz CT molecular complexity index is 412. The summed E-state index contributed by atoms with van der Waals surface area (Å²) in [4.78, 5) is 24.6. The first kappa shape index (κ1) is 19.1. The first-order valence-electron chi connectivity index (χ1n) is 4.27. The molecule has 1 rings (SSSR count). The second kappa shape index (κ2) is 9.77. The van der Waals surface area contributed by atoms with Gasteiger partial charge in [0.1, 0.15) is 0 Å². The number of ether oxygens (including phenoxy) is 2. The quantitative estimate of drug-likeness (QED) is 0.244. The van der Waals surface area contributed by atoms with Crippen molar-refractivity contribution >= 4 is 11.7 Å². The molecular formula is C9H11N2NaO6. The van der Waals surface area contributed by atoms with Crippen molar-refractivity contribution in [2.75, 3.05) is 21.3 Å². The number of carbonyl (C=O) groups is 1. The minimum absolute atomic E-state index is 0. The number of pyridine rings is 1. The van der Waals surface area contributed by atoms with Crippen molar-refractivity contribution in [3.8, 4) is 5.88 Å². The molecule has 0 aliphatic rings. The van der Waals surface area contributed by atoms with Crippen LogP contribution in [0.25, 0.3) is 0 Å². The number of carbonyl (C=O) groups excluding carboxylic acids is 1. The van der Waals surface area contributed by atoms with Crippen LogP contribution in [0.3, 0.4) is 0 Å². The molecule has 18 heavy (non-hydrogen) atoms. The Labute approximate surface area is 125 Å². The molecule has 0 aliphatic carbocycles. The van der Waals surface area contributed by atoms with E-state index in [-0.39, 0.29) is 46.7 Å². The fraction of sp³-hybridized carbons (Fsp3) is 0.333. The van der Waals surface area contributed by atoms with Gasteiger partial charge in [-0.05, 0) is 0 Å². The number of methoxy groups -OCH3 is 2. The van der Waals surface area contributed by atoms with E-state index in [0.29, 0.717) is 0 Å². The molecule has 0 aromatic carbocycles. The number of hydrogen-bond donors (Lipinski definition) is 0. The SMILES string of the molecule is COC(=O)c1cnc(OC)c([N+](=O)[O-])c1.C[O-].[Na+]. The molecule has 0 saturated carbocycles. The normalized spacial score (nSPS) is 8.22. The second-order valence-corrected chi connectivity index (χ2v) is 2.50. The van der Waals surface area contributed by atoms with E-state index < -0.39 is 10.9 Å². The summed E-state index contributed by atoms with van der Waals surface area (Å²) in [5.74, 6) is -0.832. The second-order valence-electron chi connectivity index (χ2n) is 2.50. The van der Waals surface area contributed by atoms with E-state index in [1.165, 1.54) is 14.2 Å². The van der Waals surface area contributed by atoms with Crippen LogP contribution in [0.15, 0.2) is 12.3 Å². The third-order valence-corrected chi connectivity index (χ3v) is 1.64. The van der Waals surface area contributed by atoms with Gasteiger partial charge in [0, 0.05) is 12.3 Å². The van der Waals surface area contributed by atoms with E-state index in [9.17, 15) is 14.9 Å². The zero-order valence-corrected chi connectivity index (χ0v) is 12.5. The van der Waals surface area contributed by atoms with Crippen LogP contribution in [0, 0.1) is 10.1 Å². The van der Waals surface area contributed by atoms with E-state index in [0.717, 1.165) is 19.4 Å². The van der Waals surface area contributed by atoms with Gasteiger partial charge in [0.05, 0.1) is 24.7 Å². The van der Waals surface area contributed by atoms with Crippen molar-refractivity contribution in [2.45, 2.75) is 0 Å². The van der Waals surface area contributed by atoms with Gasteiger partial charge >= 0.3 is 41.2 Å². The molecule has 9 heteroatoms. The number of esters is 1. The fourth-order valence-electron chi connectivity index (χ4n) is 0.958. The molecule has 94 valence electrons. The third-order valence-electron chi connectivity index (χ3n) is 1.64. The van der Waals surface area contributed by atoms with Crippen LogP contribution in [0.2, 0.25) is 0 Å². The number of hydrogen-bond acceptors (Lipinski definition) is 7.